The second-order valence-electron chi connectivity index (χ2n) is 11.8. The van der Waals surface area contributed by atoms with Crippen LogP contribution in [0.1, 0.15) is 48.4 Å². The van der Waals surface area contributed by atoms with Crippen LogP contribution in [0.15, 0.2) is 70.3 Å². The van der Waals surface area contributed by atoms with E-state index in [1.54, 1.807) is 24.7 Å². The number of likely N-dealkylation sites (tertiary alicyclic amines) is 1. The van der Waals surface area contributed by atoms with E-state index in [1.807, 2.05) is 51.1 Å². The molecule has 0 radical (unpaired) electrons. The number of ether oxygens (including phenoxy) is 2. The van der Waals surface area contributed by atoms with Gasteiger partial charge >= 0.3 is 0 Å². The SMILES string of the molecule is Cc1ccnc(Nc2ncc(Sc3ccnc(C(=O)NCC4(c5ccccn5)CCN(C[C@H]5COC(C)(C)O5)CC4)c3F)s2)c1. The van der Waals surface area contributed by atoms with Crippen molar-refractivity contribution in [3.05, 3.63) is 84.0 Å². The maximum absolute atomic E-state index is 15.7. The number of anilines is 2. The van der Waals surface area contributed by atoms with E-state index in [2.05, 4.69) is 35.5 Å². The first-order valence-corrected chi connectivity index (χ1v) is 16.5. The molecule has 1 atom stereocenters. The fourth-order valence-corrected chi connectivity index (χ4v) is 7.55. The monoisotopic (exact) mass is 649 g/mol. The summed E-state index contributed by atoms with van der Waals surface area (Å²) in [6.07, 6.45) is 8.23. The number of aryl methyl sites for hydroxylation is 1. The molecule has 4 aromatic heterocycles. The Labute approximate surface area is 270 Å². The van der Waals surface area contributed by atoms with Crippen LogP contribution in [0, 0.1) is 12.7 Å². The van der Waals surface area contributed by atoms with Crippen LogP contribution in [-0.2, 0) is 14.9 Å². The maximum Gasteiger partial charge on any atom is 0.273 e. The van der Waals surface area contributed by atoms with E-state index in [1.165, 1.54) is 29.3 Å². The van der Waals surface area contributed by atoms with Gasteiger partial charge in [0, 0.05) is 42.8 Å². The smallest absolute Gasteiger partial charge is 0.273 e. The number of aromatic nitrogens is 4. The van der Waals surface area contributed by atoms with Gasteiger partial charge < -0.3 is 25.0 Å². The molecule has 10 nitrogen and oxygen atoms in total. The first-order valence-electron chi connectivity index (χ1n) is 14.9. The van der Waals surface area contributed by atoms with Crippen molar-refractivity contribution in [2.75, 3.05) is 38.1 Å². The minimum Gasteiger partial charge on any atom is -0.350 e. The summed E-state index contributed by atoms with van der Waals surface area (Å²) < 4.78 is 28.2. The van der Waals surface area contributed by atoms with Crippen molar-refractivity contribution in [3.63, 3.8) is 0 Å². The highest BCUT2D eigenvalue weighted by molar-refractivity contribution is 8.01. The van der Waals surface area contributed by atoms with Gasteiger partial charge in [-0.2, -0.15) is 0 Å². The number of piperidine rings is 1. The molecule has 2 aliphatic rings. The molecule has 6 heterocycles. The number of rotatable bonds is 10. The van der Waals surface area contributed by atoms with Gasteiger partial charge in [0.25, 0.3) is 5.91 Å². The average molecular weight is 650 g/mol. The summed E-state index contributed by atoms with van der Waals surface area (Å²) in [4.78, 5) is 33.5. The second kappa shape index (κ2) is 13.5. The Kier molecular flexibility index (Phi) is 9.43. The van der Waals surface area contributed by atoms with Crippen molar-refractivity contribution in [1.29, 1.82) is 0 Å². The molecule has 0 spiro atoms. The molecule has 2 N–H and O–H groups in total. The Bertz CT molecular complexity index is 1630. The van der Waals surface area contributed by atoms with E-state index < -0.39 is 17.5 Å². The van der Waals surface area contributed by atoms with Gasteiger partial charge in [-0.3, -0.25) is 9.78 Å². The summed E-state index contributed by atoms with van der Waals surface area (Å²) in [5.74, 6) is -1.08. The predicted molar refractivity (Wildman–Crippen MR) is 172 cm³/mol. The Hall–Kier alpha value is -3.49. The van der Waals surface area contributed by atoms with Gasteiger partial charge in [-0.15, -0.1) is 0 Å². The summed E-state index contributed by atoms with van der Waals surface area (Å²) in [6, 6.07) is 11.3. The molecular formula is C32H36FN7O3S2. The molecule has 6 rings (SSSR count). The molecular weight excluding hydrogens is 614 g/mol. The molecule has 1 amide bonds. The zero-order valence-electron chi connectivity index (χ0n) is 25.5. The largest absolute Gasteiger partial charge is 0.350 e. The highest BCUT2D eigenvalue weighted by atomic mass is 32.2. The van der Waals surface area contributed by atoms with Crippen LogP contribution >= 0.6 is 23.1 Å². The number of nitrogens with zero attached hydrogens (tertiary/aromatic N) is 5. The summed E-state index contributed by atoms with van der Waals surface area (Å²) in [6.45, 7) is 9.17. The van der Waals surface area contributed by atoms with Crippen LogP contribution < -0.4 is 10.6 Å². The van der Waals surface area contributed by atoms with Gasteiger partial charge in [-0.25, -0.2) is 19.3 Å². The highest BCUT2D eigenvalue weighted by Crippen LogP contribution is 2.37. The van der Waals surface area contributed by atoms with Crippen molar-refractivity contribution in [2.24, 2.45) is 0 Å². The van der Waals surface area contributed by atoms with Gasteiger partial charge in [0.1, 0.15) is 5.82 Å². The average Bonchev–Trinajstić information content (AvgIpc) is 3.62. The van der Waals surface area contributed by atoms with Crippen LogP contribution in [0.5, 0.6) is 0 Å². The number of amides is 1. The molecule has 236 valence electrons. The van der Waals surface area contributed by atoms with Crippen molar-refractivity contribution < 1.29 is 18.7 Å². The molecule has 13 heteroatoms. The first-order chi connectivity index (χ1) is 21.7. The van der Waals surface area contributed by atoms with Crippen LogP contribution in [0.25, 0.3) is 0 Å². The number of carbonyl (C=O) groups is 1. The third-order valence-electron chi connectivity index (χ3n) is 8.05. The van der Waals surface area contributed by atoms with E-state index in [0.717, 1.165) is 47.9 Å². The topological polar surface area (TPSA) is 114 Å². The zero-order valence-corrected chi connectivity index (χ0v) is 27.1. The number of pyridine rings is 3. The minimum absolute atomic E-state index is 0.0270. The van der Waals surface area contributed by atoms with Crippen molar-refractivity contribution in [2.45, 2.75) is 60.0 Å². The van der Waals surface area contributed by atoms with E-state index in [0.29, 0.717) is 29.0 Å². The standard InChI is InChI=1S/C32H36FN7O3S2/c1-21-7-12-35-25(16-21)39-30-37-17-26(45-30)44-23-8-13-36-28(27(23)33)29(41)38-20-32(24-6-4-5-11-34-24)9-14-40(15-10-32)18-22-19-42-31(2,3)43-22/h4-8,11-13,16-17,22H,9-10,14-15,18-20H2,1-3H3,(H,38,41)(H,35,37,39)/t22-/m0/s1. The molecule has 0 aliphatic carbocycles. The fraction of sp³-hybridized carbons (Fsp3) is 0.406. The van der Waals surface area contributed by atoms with E-state index in [9.17, 15) is 4.79 Å². The van der Waals surface area contributed by atoms with Crippen LogP contribution in [0.2, 0.25) is 0 Å². The van der Waals surface area contributed by atoms with Gasteiger partial charge in [0.05, 0.1) is 28.0 Å². The quantitative estimate of drug-likeness (QED) is 0.226. The lowest BCUT2D eigenvalue weighted by Gasteiger charge is -2.42. The number of hydrogen-bond acceptors (Lipinski definition) is 11. The van der Waals surface area contributed by atoms with E-state index in [4.69, 9.17) is 9.47 Å². The normalized spacial score (nSPS) is 19.3. The summed E-state index contributed by atoms with van der Waals surface area (Å²) in [5, 5.41) is 6.81. The molecule has 2 fully saturated rings. The number of carbonyl (C=O) groups excluding carboxylic acids is 1. The fourth-order valence-electron chi connectivity index (χ4n) is 5.69. The molecule has 2 saturated heterocycles. The Morgan fingerprint density at radius 2 is 1.93 bits per heavy atom. The number of hydrogen-bond donors (Lipinski definition) is 2. The number of nitrogens with one attached hydrogen (secondary N) is 2. The molecule has 0 bridgehead atoms. The molecule has 45 heavy (non-hydrogen) atoms. The number of thiazole rings is 1. The van der Waals surface area contributed by atoms with Crippen molar-refractivity contribution >= 4 is 40.0 Å². The van der Waals surface area contributed by atoms with Crippen molar-refractivity contribution in [3.8, 4) is 0 Å². The number of halogens is 1. The summed E-state index contributed by atoms with van der Waals surface area (Å²) >= 11 is 2.58. The summed E-state index contributed by atoms with van der Waals surface area (Å²) in [5.41, 5.74) is 1.37. The second-order valence-corrected chi connectivity index (χ2v) is 14.2. The van der Waals surface area contributed by atoms with Gasteiger partial charge in [0.15, 0.2) is 22.4 Å². The van der Waals surface area contributed by atoms with Gasteiger partial charge in [-0.1, -0.05) is 29.2 Å². The highest BCUT2D eigenvalue weighted by Gasteiger charge is 2.40. The maximum atomic E-state index is 15.7. The summed E-state index contributed by atoms with van der Waals surface area (Å²) in [7, 11) is 0. The van der Waals surface area contributed by atoms with Crippen LogP contribution in [0.3, 0.4) is 0 Å². The molecule has 2 aliphatic heterocycles. The van der Waals surface area contributed by atoms with Gasteiger partial charge in [-0.05, 0) is 82.6 Å². The Morgan fingerprint density at radius 3 is 2.67 bits per heavy atom. The zero-order chi connectivity index (χ0) is 31.4. The molecule has 0 aromatic carbocycles. The third kappa shape index (κ3) is 7.67. The van der Waals surface area contributed by atoms with Gasteiger partial charge in [0.2, 0.25) is 0 Å². The Morgan fingerprint density at radius 1 is 1.11 bits per heavy atom. The third-order valence-corrected chi connectivity index (χ3v) is 10.1. The lowest BCUT2D eigenvalue weighted by atomic mass is 9.75. The van der Waals surface area contributed by atoms with E-state index >= 15 is 4.39 Å². The first kappa shape index (κ1) is 31.5. The molecule has 0 saturated carbocycles. The molecule has 4 aromatic rings. The lowest BCUT2D eigenvalue weighted by molar-refractivity contribution is -0.140. The predicted octanol–water partition coefficient (Wildman–Crippen LogP) is 5.59. The van der Waals surface area contributed by atoms with E-state index in [-0.39, 0.29) is 17.2 Å². The molecule has 0 unspecified atom stereocenters. The minimum atomic E-state index is -0.660. The van der Waals surface area contributed by atoms with Crippen LogP contribution in [-0.4, -0.2) is 75.4 Å². The Balaban J connectivity index is 1.10. The van der Waals surface area contributed by atoms with Crippen molar-refractivity contribution in [1.82, 2.24) is 30.2 Å². The van der Waals surface area contributed by atoms with Crippen LogP contribution in [0.4, 0.5) is 15.3 Å². The lowest BCUT2D eigenvalue weighted by Crippen LogP contribution is -2.51.